The molecule has 2 fully saturated rings. The van der Waals surface area contributed by atoms with E-state index in [-0.39, 0.29) is 37.4 Å². The average Bonchev–Trinajstić information content (AvgIpc) is 3.85. The number of phenolic OH excluding ortho intramolecular Hbond substituents is 1. The Morgan fingerprint density at radius 2 is 1.72 bits per heavy atom. The molecule has 0 aromatic heterocycles. The Kier molecular flexibility index (Phi) is 13.1. The highest BCUT2D eigenvalue weighted by molar-refractivity contribution is 5.90. The molecule has 0 spiro atoms. The zero-order valence-corrected chi connectivity index (χ0v) is 34.4. The highest BCUT2D eigenvalue weighted by Crippen LogP contribution is 2.57. The van der Waals surface area contributed by atoms with Crippen molar-refractivity contribution in [3.05, 3.63) is 69.8 Å². The fraction of sp³-hybridized carbons (Fsp3) is 0.556. The number of rotatable bonds is 16. The fourth-order valence-corrected chi connectivity index (χ4v) is 9.14. The van der Waals surface area contributed by atoms with E-state index < -0.39 is 61.8 Å². The van der Waals surface area contributed by atoms with Crippen LogP contribution in [0.3, 0.4) is 0 Å². The number of carbonyl (C=O) groups excluding carboxylic acids is 1. The fourth-order valence-electron chi connectivity index (χ4n) is 9.14. The molecule has 0 amide bonds. The molecular formula is C45H55NO15. The molecule has 1 aliphatic carbocycles. The molecule has 0 bridgehead atoms. The summed E-state index contributed by atoms with van der Waals surface area (Å²) >= 11 is 0. The van der Waals surface area contributed by atoms with E-state index in [4.69, 9.17) is 53.8 Å². The number of esters is 1. The Labute approximate surface area is 353 Å². The van der Waals surface area contributed by atoms with Gasteiger partial charge in [-0.1, -0.05) is 52.0 Å². The minimum Gasteiger partial charge on any atom is -0.508 e. The summed E-state index contributed by atoms with van der Waals surface area (Å²) in [5, 5.41) is 42.3. The molecule has 5 aliphatic rings. The molecule has 7 unspecified atom stereocenters. The highest BCUT2D eigenvalue weighted by Gasteiger charge is 2.48. The average molecular weight is 850 g/mol. The van der Waals surface area contributed by atoms with Gasteiger partial charge in [-0.15, -0.1) is 0 Å². The van der Waals surface area contributed by atoms with Gasteiger partial charge < -0.3 is 64.2 Å². The van der Waals surface area contributed by atoms with Gasteiger partial charge in [0.25, 0.3) is 0 Å². The number of benzene rings is 3. The summed E-state index contributed by atoms with van der Waals surface area (Å²) in [6, 6.07) is 11.3. The van der Waals surface area contributed by atoms with Gasteiger partial charge in [0.2, 0.25) is 6.79 Å². The zero-order chi connectivity index (χ0) is 42.8. The summed E-state index contributed by atoms with van der Waals surface area (Å²) in [5.41, 5.74) is 10.8. The van der Waals surface area contributed by atoms with Crippen molar-refractivity contribution in [3.63, 3.8) is 0 Å². The van der Waals surface area contributed by atoms with Gasteiger partial charge in [-0.3, -0.25) is 9.59 Å². The largest absolute Gasteiger partial charge is 0.508 e. The van der Waals surface area contributed by atoms with E-state index in [0.717, 1.165) is 47.3 Å². The molecule has 16 nitrogen and oxygen atoms in total. The van der Waals surface area contributed by atoms with Gasteiger partial charge in [-0.05, 0) is 66.1 Å². The predicted octanol–water partition coefficient (Wildman–Crippen LogP) is 4.76. The van der Waals surface area contributed by atoms with E-state index in [1.54, 1.807) is 12.1 Å². The van der Waals surface area contributed by atoms with Gasteiger partial charge in [0.1, 0.15) is 54.7 Å². The van der Waals surface area contributed by atoms with Crippen LogP contribution in [0.25, 0.3) is 0 Å². The number of carbonyl (C=O) groups is 2. The van der Waals surface area contributed by atoms with Gasteiger partial charge in [0, 0.05) is 35.2 Å². The second-order valence-corrected chi connectivity index (χ2v) is 17.0. The Balaban J connectivity index is 1.10. The number of aliphatic hydroxyl groups excluding tert-OH is 2. The maximum atomic E-state index is 12.0. The molecule has 4 aliphatic heterocycles. The second-order valence-electron chi connectivity index (χ2n) is 17.0. The summed E-state index contributed by atoms with van der Waals surface area (Å²) in [6.07, 6.45) is -0.893. The number of hydrogen-bond acceptors (Lipinski definition) is 15. The van der Waals surface area contributed by atoms with Crippen LogP contribution in [-0.2, 0) is 47.9 Å². The van der Waals surface area contributed by atoms with Crippen molar-refractivity contribution in [2.75, 3.05) is 33.2 Å². The Hall–Kier alpha value is -4.84. The molecule has 16 heteroatoms. The molecule has 61 heavy (non-hydrogen) atoms. The van der Waals surface area contributed by atoms with Crippen LogP contribution in [0.15, 0.2) is 36.4 Å². The van der Waals surface area contributed by atoms with E-state index in [1.165, 1.54) is 19.3 Å². The standard InChI is InChI=1S/C45H55NO15/c1-23(2)10-31-41-29(17-35-43(31)57-22-56-35)32-20-54-34-16-27(13-26-12-25(14-28(47)15-26)11-24-6-4-3-5-7-24)33(18-30(34)42(32)59-41)60-61-44-40(52)39(51)36(58-45(44)53-9-8-46)21-55-38(50)19-37(48)49/h12,14-18,23-24,32,36,39-40,42,44-45,47,51-52H,3-11,13,19-22,46H2,1-2H3,(H,48,49). The lowest BCUT2D eigenvalue weighted by Crippen LogP contribution is -2.60. The third-order valence-corrected chi connectivity index (χ3v) is 12.0. The van der Waals surface area contributed by atoms with Crippen molar-refractivity contribution in [2.24, 2.45) is 17.6 Å². The maximum Gasteiger partial charge on any atom is 0.317 e. The van der Waals surface area contributed by atoms with Crippen molar-refractivity contribution >= 4 is 11.9 Å². The smallest absolute Gasteiger partial charge is 0.317 e. The Morgan fingerprint density at radius 1 is 0.918 bits per heavy atom. The number of aliphatic hydroxyl groups is 2. The first-order chi connectivity index (χ1) is 29.4. The first kappa shape index (κ1) is 42.8. The van der Waals surface area contributed by atoms with E-state index in [1.807, 2.05) is 18.2 Å². The number of carboxylic acid groups (broad SMARTS) is 1. The van der Waals surface area contributed by atoms with Crippen LogP contribution in [0, 0.1) is 11.8 Å². The topological polar surface area (TPSA) is 224 Å². The molecule has 3 aromatic rings. The summed E-state index contributed by atoms with van der Waals surface area (Å²) < 4.78 is 41.7. The number of carboxylic acids is 1. The number of hydrogen-bond donors (Lipinski definition) is 5. The van der Waals surface area contributed by atoms with Gasteiger partial charge in [0.15, 0.2) is 29.6 Å². The predicted molar refractivity (Wildman–Crippen MR) is 215 cm³/mol. The number of ether oxygens (including phenoxy) is 7. The van der Waals surface area contributed by atoms with Gasteiger partial charge in [-0.2, -0.15) is 4.89 Å². The Morgan fingerprint density at radius 3 is 2.49 bits per heavy atom. The third-order valence-electron chi connectivity index (χ3n) is 12.0. The lowest BCUT2D eigenvalue weighted by atomic mass is 9.84. The van der Waals surface area contributed by atoms with Gasteiger partial charge in [0.05, 0.1) is 19.1 Å². The monoisotopic (exact) mass is 849 g/mol. The van der Waals surface area contributed by atoms with Crippen molar-refractivity contribution < 1.29 is 72.9 Å². The summed E-state index contributed by atoms with van der Waals surface area (Å²) in [7, 11) is 0. The number of phenols is 1. The van der Waals surface area contributed by atoms with Crippen molar-refractivity contribution in [3.8, 4) is 34.5 Å². The number of nitrogens with two attached hydrogens (primary N) is 1. The summed E-state index contributed by atoms with van der Waals surface area (Å²) in [4.78, 5) is 35.0. The summed E-state index contributed by atoms with van der Waals surface area (Å²) in [5.74, 6) is 1.37. The first-order valence-corrected chi connectivity index (χ1v) is 21.2. The molecule has 1 saturated carbocycles. The Bertz CT molecular complexity index is 2070. The van der Waals surface area contributed by atoms with Crippen molar-refractivity contribution in [1.29, 1.82) is 0 Å². The van der Waals surface area contributed by atoms with E-state index in [0.29, 0.717) is 59.7 Å². The van der Waals surface area contributed by atoms with Crippen LogP contribution in [0.1, 0.15) is 97.8 Å². The molecule has 7 atom stereocenters. The van der Waals surface area contributed by atoms with Gasteiger partial charge >= 0.3 is 11.9 Å². The van der Waals surface area contributed by atoms with Crippen molar-refractivity contribution in [2.45, 2.75) is 114 Å². The van der Waals surface area contributed by atoms with Crippen LogP contribution in [0.2, 0.25) is 0 Å². The summed E-state index contributed by atoms with van der Waals surface area (Å²) in [6.45, 7) is 4.24. The second kappa shape index (κ2) is 18.6. The maximum absolute atomic E-state index is 12.0. The van der Waals surface area contributed by atoms with E-state index in [2.05, 4.69) is 19.9 Å². The lowest BCUT2D eigenvalue weighted by Gasteiger charge is -2.41. The molecule has 4 heterocycles. The lowest BCUT2D eigenvalue weighted by molar-refractivity contribution is -0.372. The minimum absolute atomic E-state index is 0.0275. The molecule has 8 rings (SSSR count). The number of fused-ring (bicyclic) bond motifs is 6. The SMILES string of the molecule is CC(C)Cc1c2c(cc3c1OC1c4cc(OOC5C(OCCN)OC(COC(=O)CC(=O)O)C(O)C5O)c(Cc5cc(O)cc(CC6CCCCC6)c5)cc4OCC31)OCO2. The number of aliphatic carboxylic acids is 1. The van der Waals surface area contributed by atoms with Crippen LogP contribution < -0.4 is 29.6 Å². The number of aromatic hydroxyl groups is 1. The van der Waals surface area contributed by atoms with Crippen molar-refractivity contribution in [1.82, 2.24) is 0 Å². The normalized spacial score (nSPS) is 25.2. The van der Waals surface area contributed by atoms with Crippen LogP contribution in [0.5, 0.6) is 34.5 Å². The van der Waals surface area contributed by atoms with Crippen LogP contribution in [0.4, 0.5) is 0 Å². The van der Waals surface area contributed by atoms with Gasteiger partial charge in [-0.25, -0.2) is 0 Å². The molecule has 6 N–H and O–H groups in total. The molecular weight excluding hydrogens is 794 g/mol. The molecule has 3 aromatic carbocycles. The molecule has 0 radical (unpaired) electrons. The molecule has 330 valence electrons. The van der Waals surface area contributed by atoms with E-state index >= 15 is 0 Å². The third kappa shape index (κ3) is 9.49. The highest BCUT2D eigenvalue weighted by atomic mass is 17.2. The van der Waals surface area contributed by atoms with E-state index in [9.17, 15) is 24.9 Å². The van der Waals surface area contributed by atoms with Crippen LogP contribution >= 0.6 is 0 Å². The zero-order valence-electron chi connectivity index (χ0n) is 34.4. The minimum atomic E-state index is -1.68. The first-order valence-electron chi connectivity index (χ1n) is 21.2. The quantitative estimate of drug-likeness (QED) is 0.0567. The van der Waals surface area contributed by atoms with Crippen LogP contribution in [-0.4, -0.2) is 96.2 Å². The molecule has 1 saturated heterocycles.